The molecule has 0 aromatic heterocycles. The first kappa shape index (κ1) is 20.6. The van der Waals surface area contributed by atoms with Crippen LogP contribution >= 0.6 is 0 Å². The molecular formula is C15H19Cl2Zr. The van der Waals surface area contributed by atoms with Crippen molar-refractivity contribution < 1.29 is 51.0 Å². The topological polar surface area (TPSA) is 0 Å². The van der Waals surface area contributed by atoms with Gasteiger partial charge in [-0.15, -0.1) is 34.0 Å². The zero-order valence-electron chi connectivity index (χ0n) is 11.6. The van der Waals surface area contributed by atoms with Crippen molar-refractivity contribution >= 4 is 10.8 Å². The molecule has 0 amide bonds. The van der Waals surface area contributed by atoms with Crippen LogP contribution in [0, 0.1) is 13.8 Å². The standard InChI is InChI=1S/C15H19.2ClH.Zr/c1-10-8-12-11(2)6-7-14(13(12)9-10)15(3,4)5;;;/h6-9H,1-5H3;2*1H;/q-1;;;+3/p-2. The van der Waals surface area contributed by atoms with Crippen LogP contribution < -0.4 is 24.8 Å². The summed E-state index contributed by atoms with van der Waals surface area (Å²) < 4.78 is 0. The second-order valence-electron chi connectivity index (χ2n) is 5.54. The minimum Gasteiger partial charge on any atom is -1.00 e. The van der Waals surface area contributed by atoms with Crippen molar-refractivity contribution in [2.24, 2.45) is 0 Å². The predicted octanol–water partition coefficient (Wildman–Crippen LogP) is -1.52. The third-order valence-corrected chi connectivity index (χ3v) is 3.06. The van der Waals surface area contributed by atoms with Crippen LogP contribution in [0.25, 0.3) is 10.8 Å². The molecule has 0 N–H and O–H groups in total. The van der Waals surface area contributed by atoms with E-state index in [1.54, 1.807) is 0 Å². The number of benzene rings is 1. The molecule has 0 unspecified atom stereocenters. The summed E-state index contributed by atoms with van der Waals surface area (Å²) in [5.74, 6) is 0. The molecule has 2 aromatic carbocycles. The van der Waals surface area contributed by atoms with Gasteiger partial charge in [0, 0.05) is 0 Å². The molecule has 2 aromatic rings. The zero-order chi connectivity index (χ0) is 11.2. The van der Waals surface area contributed by atoms with E-state index in [2.05, 4.69) is 58.9 Å². The quantitative estimate of drug-likeness (QED) is 0.500. The fourth-order valence-electron chi connectivity index (χ4n) is 2.24. The normalized spacial score (nSPS) is 10.3. The average Bonchev–Trinajstić information content (AvgIpc) is 2.45. The molecule has 0 aliphatic heterocycles. The SMILES string of the molecule is Cc1cc2c(C(C)(C)C)ccc(C)c2[cH-]1.[Cl-].[Cl-].[Zr+3]. The first-order valence-electron chi connectivity index (χ1n) is 5.57. The Bertz CT molecular complexity index is 507. The van der Waals surface area contributed by atoms with Gasteiger partial charge in [0.25, 0.3) is 0 Å². The molecule has 2 rings (SSSR count). The fourth-order valence-corrected chi connectivity index (χ4v) is 2.24. The average molecular weight is 361 g/mol. The maximum Gasteiger partial charge on any atom is 3.00 e. The Morgan fingerprint density at radius 2 is 1.56 bits per heavy atom. The Balaban J connectivity index is 0. The van der Waals surface area contributed by atoms with Gasteiger partial charge in [-0.05, 0) is 5.41 Å². The molecule has 0 nitrogen and oxygen atoms in total. The van der Waals surface area contributed by atoms with Gasteiger partial charge >= 0.3 is 26.2 Å². The van der Waals surface area contributed by atoms with Crippen molar-refractivity contribution in [2.45, 2.75) is 40.0 Å². The van der Waals surface area contributed by atoms with Gasteiger partial charge in [-0.1, -0.05) is 46.2 Å². The molecule has 0 fully saturated rings. The van der Waals surface area contributed by atoms with E-state index < -0.39 is 0 Å². The third-order valence-electron chi connectivity index (χ3n) is 3.06. The maximum absolute atomic E-state index is 2.31. The minimum absolute atomic E-state index is 0. The molecule has 0 bridgehead atoms. The first-order valence-corrected chi connectivity index (χ1v) is 5.57. The Morgan fingerprint density at radius 3 is 2.06 bits per heavy atom. The van der Waals surface area contributed by atoms with Crippen LogP contribution in [0.1, 0.15) is 37.5 Å². The summed E-state index contributed by atoms with van der Waals surface area (Å²) in [5, 5.41) is 2.85. The van der Waals surface area contributed by atoms with Crippen LogP contribution in [0.2, 0.25) is 0 Å². The first-order chi connectivity index (χ1) is 6.89. The van der Waals surface area contributed by atoms with Gasteiger partial charge in [0.15, 0.2) is 0 Å². The monoisotopic (exact) mass is 359 g/mol. The minimum atomic E-state index is 0. The molecule has 3 heteroatoms. The molecule has 1 radical (unpaired) electrons. The second kappa shape index (κ2) is 7.18. The Morgan fingerprint density at radius 1 is 1.00 bits per heavy atom. The summed E-state index contributed by atoms with van der Waals surface area (Å²) in [6.45, 7) is 11.2. The number of aryl methyl sites for hydroxylation is 2. The van der Waals surface area contributed by atoms with Crippen molar-refractivity contribution in [2.75, 3.05) is 0 Å². The number of rotatable bonds is 0. The number of hydrogen-bond acceptors (Lipinski definition) is 0. The fraction of sp³-hybridized carbons (Fsp3) is 0.400. The Hall–Kier alpha value is 0.293. The Labute approximate surface area is 142 Å². The van der Waals surface area contributed by atoms with E-state index in [-0.39, 0.29) is 56.4 Å². The van der Waals surface area contributed by atoms with E-state index in [0.717, 1.165) is 0 Å². The molecule has 0 saturated heterocycles. The summed E-state index contributed by atoms with van der Waals surface area (Å²) in [6, 6.07) is 9.11. The van der Waals surface area contributed by atoms with E-state index >= 15 is 0 Å². The summed E-state index contributed by atoms with van der Waals surface area (Å²) in [7, 11) is 0. The van der Waals surface area contributed by atoms with Crippen LogP contribution in [0.4, 0.5) is 0 Å². The van der Waals surface area contributed by atoms with Gasteiger partial charge in [-0.2, -0.15) is 6.07 Å². The van der Waals surface area contributed by atoms with E-state index in [0.29, 0.717) is 0 Å². The van der Waals surface area contributed by atoms with Gasteiger partial charge in [0.05, 0.1) is 0 Å². The van der Waals surface area contributed by atoms with Gasteiger partial charge in [0.1, 0.15) is 0 Å². The van der Waals surface area contributed by atoms with Crippen LogP contribution in [-0.4, -0.2) is 0 Å². The molecule has 18 heavy (non-hydrogen) atoms. The van der Waals surface area contributed by atoms with Crippen LogP contribution in [0.3, 0.4) is 0 Å². The van der Waals surface area contributed by atoms with Gasteiger partial charge < -0.3 is 24.8 Å². The number of fused-ring (bicyclic) bond motifs is 1. The van der Waals surface area contributed by atoms with Gasteiger partial charge in [0.2, 0.25) is 0 Å². The zero-order valence-corrected chi connectivity index (χ0v) is 15.5. The maximum atomic E-state index is 2.31. The summed E-state index contributed by atoms with van der Waals surface area (Å²) in [5.41, 5.74) is 4.43. The number of halogens is 2. The Kier molecular flexibility index (Phi) is 8.22. The van der Waals surface area contributed by atoms with E-state index in [1.807, 2.05) is 0 Å². The molecular weight excluding hydrogens is 342 g/mol. The molecule has 0 aliphatic carbocycles. The van der Waals surface area contributed by atoms with Crippen LogP contribution in [0.5, 0.6) is 0 Å². The predicted molar refractivity (Wildman–Crippen MR) is 67.7 cm³/mol. The van der Waals surface area contributed by atoms with E-state index in [1.165, 1.54) is 27.5 Å². The van der Waals surface area contributed by atoms with Crippen molar-refractivity contribution in [1.29, 1.82) is 0 Å². The summed E-state index contributed by atoms with van der Waals surface area (Å²) >= 11 is 0. The van der Waals surface area contributed by atoms with Gasteiger partial charge in [-0.25, -0.2) is 0 Å². The third kappa shape index (κ3) is 3.89. The number of hydrogen-bond donors (Lipinski definition) is 0. The molecule has 0 spiro atoms. The van der Waals surface area contributed by atoms with Crippen molar-refractivity contribution in [3.63, 3.8) is 0 Å². The molecule has 97 valence electrons. The molecule has 0 heterocycles. The molecule has 0 atom stereocenters. The second-order valence-corrected chi connectivity index (χ2v) is 5.54. The van der Waals surface area contributed by atoms with Crippen LogP contribution in [-0.2, 0) is 31.6 Å². The van der Waals surface area contributed by atoms with Crippen molar-refractivity contribution in [3.05, 3.63) is 41.0 Å². The largest absolute Gasteiger partial charge is 3.00 e. The van der Waals surface area contributed by atoms with E-state index in [9.17, 15) is 0 Å². The molecule has 0 saturated carbocycles. The van der Waals surface area contributed by atoms with Crippen LogP contribution in [0.15, 0.2) is 24.3 Å². The smallest absolute Gasteiger partial charge is 1.00 e. The van der Waals surface area contributed by atoms with Crippen molar-refractivity contribution in [1.82, 2.24) is 0 Å². The molecule has 0 aliphatic rings. The van der Waals surface area contributed by atoms with E-state index in [4.69, 9.17) is 0 Å². The summed E-state index contributed by atoms with van der Waals surface area (Å²) in [4.78, 5) is 0. The van der Waals surface area contributed by atoms with Crippen molar-refractivity contribution in [3.8, 4) is 0 Å². The summed E-state index contributed by atoms with van der Waals surface area (Å²) in [6.07, 6.45) is 0. The van der Waals surface area contributed by atoms with Gasteiger partial charge in [-0.3, -0.25) is 0 Å².